The van der Waals surface area contributed by atoms with E-state index >= 15 is 0 Å². The van der Waals surface area contributed by atoms with Crippen molar-refractivity contribution in [2.45, 2.75) is 94.3 Å². The molecule has 0 aromatic heterocycles. The van der Waals surface area contributed by atoms with Crippen LogP contribution in [0.15, 0.2) is 54.6 Å². The highest BCUT2D eigenvalue weighted by atomic mass is 28.4. The van der Waals surface area contributed by atoms with Crippen LogP contribution < -0.4 is 15.1 Å². The van der Waals surface area contributed by atoms with Gasteiger partial charge in [0.2, 0.25) is 5.91 Å². The second-order valence-corrected chi connectivity index (χ2v) is 18.1. The predicted molar refractivity (Wildman–Crippen MR) is 179 cm³/mol. The monoisotopic (exact) mass is 634 g/mol. The Labute approximate surface area is 268 Å². The molecule has 0 aliphatic carbocycles. The Morgan fingerprint density at radius 3 is 2.51 bits per heavy atom. The zero-order valence-electron chi connectivity index (χ0n) is 27.0. The van der Waals surface area contributed by atoms with Gasteiger partial charge in [0.1, 0.15) is 5.54 Å². The summed E-state index contributed by atoms with van der Waals surface area (Å²) in [6, 6.07) is 18.5. The molecule has 10 heteroatoms. The fourth-order valence-electron chi connectivity index (χ4n) is 8.61. The number of para-hydroxylation sites is 1. The lowest BCUT2D eigenvalue weighted by atomic mass is 9.86. The van der Waals surface area contributed by atoms with E-state index in [4.69, 9.17) is 4.74 Å². The van der Waals surface area contributed by atoms with Crippen molar-refractivity contribution < 1.29 is 24.2 Å². The number of ether oxygens (including phenoxy) is 1. The Morgan fingerprint density at radius 2 is 1.80 bits per heavy atom. The molecule has 6 rings (SSSR count). The first-order chi connectivity index (χ1) is 21.6. The summed E-state index contributed by atoms with van der Waals surface area (Å²) < 4.78 is 6.61. The van der Waals surface area contributed by atoms with Crippen molar-refractivity contribution in [1.29, 1.82) is 0 Å². The maximum Gasteiger partial charge on any atom is 0.254 e. The summed E-state index contributed by atoms with van der Waals surface area (Å²) in [5, 5.41) is 13.2. The van der Waals surface area contributed by atoms with Gasteiger partial charge < -0.3 is 29.8 Å². The number of benzene rings is 2. The van der Waals surface area contributed by atoms with Gasteiger partial charge in [-0.25, -0.2) is 0 Å². The Bertz CT molecular complexity index is 1350. The van der Waals surface area contributed by atoms with E-state index in [9.17, 15) is 19.5 Å². The number of rotatable bonds is 9. The Morgan fingerprint density at radius 1 is 1.07 bits per heavy atom. The lowest BCUT2D eigenvalue weighted by molar-refractivity contribution is -0.135. The summed E-state index contributed by atoms with van der Waals surface area (Å²) in [5.74, 6) is 0.320. The van der Waals surface area contributed by atoms with Gasteiger partial charge in [-0.05, 0) is 100 Å². The van der Waals surface area contributed by atoms with Gasteiger partial charge in [-0.1, -0.05) is 37.3 Å². The van der Waals surface area contributed by atoms with Crippen molar-refractivity contribution in [2.75, 3.05) is 42.7 Å². The molecule has 0 saturated carbocycles. The van der Waals surface area contributed by atoms with Crippen LogP contribution in [0.25, 0.3) is 0 Å². The number of carbonyl (C=O) groups is 2. The van der Waals surface area contributed by atoms with Gasteiger partial charge in [-0.3, -0.25) is 14.5 Å². The first kappa shape index (κ1) is 32.2. The Kier molecular flexibility index (Phi) is 9.41. The second kappa shape index (κ2) is 13.2. The average Bonchev–Trinajstić information content (AvgIpc) is 3.72. The van der Waals surface area contributed by atoms with Crippen molar-refractivity contribution in [2.24, 2.45) is 5.92 Å². The molecule has 4 aliphatic rings. The largest absolute Gasteiger partial charge is 0.432 e. The molecule has 9 nitrogen and oxygen atoms in total. The van der Waals surface area contributed by atoms with Crippen molar-refractivity contribution in [1.82, 2.24) is 10.2 Å². The van der Waals surface area contributed by atoms with Gasteiger partial charge in [0, 0.05) is 23.5 Å². The minimum absolute atomic E-state index is 0.00939. The number of nitrogens with one attached hydrogen (secondary N) is 1. The second-order valence-electron chi connectivity index (χ2n) is 14.1. The third kappa shape index (κ3) is 6.32. The number of aliphatic hydroxyl groups is 1. The van der Waals surface area contributed by atoms with Crippen molar-refractivity contribution in [3.8, 4) is 0 Å². The molecule has 0 unspecified atom stereocenters. The van der Waals surface area contributed by atoms with Gasteiger partial charge in [0.25, 0.3) is 5.91 Å². The third-order valence-corrected chi connectivity index (χ3v) is 13.4. The third-order valence-electron chi connectivity index (χ3n) is 10.9. The SMILES string of the molecule is C[C@@H]1[C@@H]([Si](C)(C)O)[C@H](CC(=O)N2CCC[C@H]2CO)O[C@@H]1CCc1cccc(N2CN(c3ccccc3)C3(CCNCC3)C2=O)c1. The predicted octanol–water partition coefficient (Wildman–Crippen LogP) is 3.90. The molecular formula is C35H50N4O5Si. The van der Waals surface area contributed by atoms with E-state index in [-0.39, 0.29) is 54.6 Å². The number of aryl methyl sites for hydroxylation is 1. The number of aliphatic hydroxyl groups excluding tert-OH is 1. The fourth-order valence-corrected chi connectivity index (χ4v) is 11.2. The first-order valence-electron chi connectivity index (χ1n) is 16.8. The number of nitrogens with zero attached hydrogens (tertiary/aromatic N) is 3. The number of likely N-dealkylation sites (tertiary alicyclic amines) is 1. The Hall–Kier alpha value is -2.76. The van der Waals surface area contributed by atoms with E-state index < -0.39 is 13.9 Å². The topological polar surface area (TPSA) is 106 Å². The quantitative estimate of drug-likeness (QED) is 0.360. The summed E-state index contributed by atoms with van der Waals surface area (Å²) in [7, 11) is -2.62. The standard InChI is InChI=1S/C35H50N4O5Si/c1-25-30(44-31(33(25)45(2,3)43)22-32(41)37-20-8-13-29(37)23-40)15-14-26-9-7-12-28(21-26)38-24-39(27-10-5-4-6-11-27)35(34(38)42)16-18-36-19-17-35/h4-7,9-12,21,25,29-31,33,36,40,43H,8,13-20,22-24H2,1-3H3/t25-,29-,30+,31-,33+/m0/s1. The molecule has 2 amide bonds. The molecule has 4 fully saturated rings. The number of hydrogen-bond donors (Lipinski definition) is 3. The van der Waals surface area contributed by atoms with Gasteiger partial charge >= 0.3 is 0 Å². The van der Waals surface area contributed by atoms with Crippen molar-refractivity contribution in [3.05, 3.63) is 60.2 Å². The molecule has 5 atom stereocenters. The van der Waals surface area contributed by atoms with Gasteiger partial charge in [-0.15, -0.1) is 0 Å². The van der Waals surface area contributed by atoms with Crippen LogP contribution in [0.2, 0.25) is 18.6 Å². The number of carbonyl (C=O) groups excluding carboxylic acids is 2. The normalized spacial score (nSPS) is 28.4. The molecule has 0 radical (unpaired) electrons. The summed E-state index contributed by atoms with van der Waals surface area (Å²) in [6.07, 6.45) is 4.73. The van der Waals surface area contributed by atoms with E-state index in [1.807, 2.05) is 53.2 Å². The zero-order valence-corrected chi connectivity index (χ0v) is 28.0. The molecule has 244 valence electrons. The van der Waals surface area contributed by atoms with Crippen molar-refractivity contribution in [3.63, 3.8) is 0 Å². The zero-order chi connectivity index (χ0) is 31.8. The smallest absolute Gasteiger partial charge is 0.254 e. The lowest BCUT2D eigenvalue weighted by Gasteiger charge is -2.39. The summed E-state index contributed by atoms with van der Waals surface area (Å²) in [4.78, 5) is 44.8. The van der Waals surface area contributed by atoms with Crippen LogP contribution in [0.4, 0.5) is 11.4 Å². The summed E-state index contributed by atoms with van der Waals surface area (Å²) >= 11 is 0. The van der Waals surface area contributed by atoms with Gasteiger partial charge in [-0.2, -0.15) is 0 Å². The molecule has 4 saturated heterocycles. The van der Waals surface area contributed by atoms with E-state index in [1.54, 1.807) is 0 Å². The van der Waals surface area contributed by atoms with E-state index in [0.29, 0.717) is 13.2 Å². The Balaban J connectivity index is 1.15. The van der Waals surface area contributed by atoms with Crippen LogP contribution in [-0.4, -0.2) is 91.6 Å². The summed E-state index contributed by atoms with van der Waals surface area (Å²) in [6.45, 7) is 8.90. The van der Waals surface area contributed by atoms with Crippen LogP contribution >= 0.6 is 0 Å². The lowest BCUT2D eigenvalue weighted by Crippen LogP contribution is -2.55. The number of amides is 2. The van der Waals surface area contributed by atoms with Gasteiger partial charge in [0.15, 0.2) is 8.32 Å². The van der Waals surface area contributed by atoms with Gasteiger partial charge in [0.05, 0.1) is 37.9 Å². The minimum atomic E-state index is -2.62. The highest BCUT2D eigenvalue weighted by Gasteiger charge is 2.53. The number of anilines is 2. The molecule has 2 aromatic carbocycles. The van der Waals surface area contributed by atoms with Crippen LogP contribution in [0.3, 0.4) is 0 Å². The van der Waals surface area contributed by atoms with Crippen LogP contribution in [0.5, 0.6) is 0 Å². The minimum Gasteiger partial charge on any atom is -0.432 e. The van der Waals surface area contributed by atoms with Crippen LogP contribution in [0.1, 0.15) is 51.0 Å². The average molecular weight is 635 g/mol. The maximum absolute atomic E-state index is 14.1. The first-order valence-corrected chi connectivity index (χ1v) is 19.9. The van der Waals surface area contributed by atoms with E-state index in [1.165, 1.54) is 0 Å². The molecule has 4 aliphatic heterocycles. The number of hydrogen-bond acceptors (Lipinski definition) is 7. The molecule has 1 spiro atoms. The molecule has 4 heterocycles. The molecule has 45 heavy (non-hydrogen) atoms. The fraction of sp³-hybridized carbons (Fsp3) is 0.600. The van der Waals surface area contributed by atoms with E-state index in [2.05, 4.69) is 41.4 Å². The van der Waals surface area contributed by atoms with Crippen LogP contribution in [-0.2, 0) is 20.7 Å². The molecule has 2 aromatic rings. The maximum atomic E-state index is 14.1. The molecule has 3 N–H and O–H groups in total. The van der Waals surface area contributed by atoms with Crippen molar-refractivity contribution >= 4 is 31.5 Å². The van der Waals surface area contributed by atoms with E-state index in [0.717, 1.165) is 68.6 Å². The van der Waals surface area contributed by atoms with Crippen LogP contribution in [0, 0.1) is 5.92 Å². The number of piperidine rings is 1. The highest BCUT2D eigenvalue weighted by Crippen LogP contribution is 2.46. The summed E-state index contributed by atoms with van der Waals surface area (Å²) in [5.41, 5.74) is 2.56. The molecule has 0 bridgehead atoms. The molecular weight excluding hydrogens is 584 g/mol. The highest BCUT2D eigenvalue weighted by molar-refractivity contribution is 6.71.